The number of hydrogen-bond donors (Lipinski definition) is 0. The highest BCUT2D eigenvalue weighted by Crippen LogP contribution is 2.26. The molecule has 0 atom stereocenters. The number of amides is 2. The summed E-state index contributed by atoms with van der Waals surface area (Å²) in [5.74, 6) is -0.558. The van der Waals surface area contributed by atoms with Crippen LogP contribution in [0.1, 0.15) is 32.7 Å². The van der Waals surface area contributed by atoms with Gasteiger partial charge in [0.05, 0.1) is 17.7 Å². The third kappa shape index (κ3) is 4.92. The Morgan fingerprint density at radius 1 is 1.10 bits per heavy atom. The zero-order chi connectivity index (χ0) is 20.8. The number of para-hydroxylation sites is 1. The monoisotopic (exact) mass is 457 g/mol. The predicted octanol–water partition coefficient (Wildman–Crippen LogP) is 3.79. The average molecular weight is 458 g/mol. The first kappa shape index (κ1) is 20.8. The Hall–Kier alpha value is -2.93. The lowest BCUT2D eigenvalue weighted by molar-refractivity contribution is -0.146. The number of esters is 1. The molecular weight excluding hydrogens is 438 g/mol. The predicted molar refractivity (Wildman–Crippen MR) is 111 cm³/mol. The first-order chi connectivity index (χ1) is 14.0. The Balaban J connectivity index is 1.43. The van der Waals surface area contributed by atoms with Gasteiger partial charge in [0, 0.05) is 11.0 Å². The van der Waals surface area contributed by atoms with Gasteiger partial charge < -0.3 is 9.47 Å². The van der Waals surface area contributed by atoms with E-state index in [1.807, 2.05) is 18.2 Å². The minimum Gasteiger partial charge on any atom is -0.482 e. The number of rotatable bonds is 9. The Kier molecular flexibility index (Phi) is 6.82. The average Bonchev–Trinajstić information content (AvgIpc) is 2.94. The third-order valence-electron chi connectivity index (χ3n) is 4.40. The van der Waals surface area contributed by atoms with Gasteiger partial charge in [-0.05, 0) is 42.7 Å². The van der Waals surface area contributed by atoms with Crippen LogP contribution in [-0.2, 0) is 16.0 Å². The molecule has 1 aliphatic rings. The van der Waals surface area contributed by atoms with Crippen LogP contribution in [0.15, 0.2) is 59.6 Å². The molecule has 0 fully saturated rings. The summed E-state index contributed by atoms with van der Waals surface area (Å²) in [6.07, 6.45) is 2.76. The maximum absolute atomic E-state index is 12.4. The van der Waals surface area contributed by atoms with Crippen LogP contribution < -0.4 is 4.74 Å². The van der Waals surface area contributed by atoms with E-state index in [2.05, 4.69) is 22.5 Å². The van der Waals surface area contributed by atoms with E-state index in [0.29, 0.717) is 29.7 Å². The first-order valence-electron chi connectivity index (χ1n) is 9.14. The van der Waals surface area contributed by atoms with Crippen molar-refractivity contribution in [2.45, 2.75) is 12.8 Å². The van der Waals surface area contributed by atoms with Gasteiger partial charge in [0.25, 0.3) is 11.8 Å². The van der Waals surface area contributed by atoms with Gasteiger partial charge in [-0.25, -0.2) is 4.79 Å². The summed E-state index contributed by atoms with van der Waals surface area (Å²) in [5, 5.41) is 0. The van der Waals surface area contributed by atoms with Crippen molar-refractivity contribution < 1.29 is 23.9 Å². The molecule has 1 heterocycles. The number of allylic oxidation sites excluding steroid dienone is 1. The molecule has 1 aliphatic heterocycles. The molecule has 3 rings (SSSR count). The summed E-state index contributed by atoms with van der Waals surface area (Å²) in [6.45, 7) is 3.76. The van der Waals surface area contributed by atoms with Gasteiger partial charge >= 0.3 is 5.97 Å². The zero-order valence-corrected chi connectivity index (χ0v) is 17.3. The standard InChI is InChI=1S/C22H20BrNO5/c1-2-6-15-7-3-4-8-19(15)29-14-20(25)28-12-5-11-24-21(26)17-10-9-16(23)13-18(17)22(24)27/h2-4,7-10,13H,1,5-6,11-12,14H2. The molecule has 0 N–H and O–H groups in total. The SMILES string of the molecule is C=CCc1ccccc1OCC(=O)OCCCN1C(=O)c2ccc(Br)cc2C1=O. The molecule has 6 nitrogen and oxygen atoms in total. The highest BCUT2D eigenvalue weighted by molar-refractivity contribution is 9.10. The van der Waals surface area contributed by atoms with Crippen LogP contribution in [-0.4, -0.2) is 42.4 Å². The summed E-state index contributed by atoms with van der Waals surface area (Å²) >= 11 is 3.30. The number of imide groups is 1. The van der Waals surface area contributed by atoms with Gasteiger partial charge in [-0.1, -0.05) is 40.2 Å². The summed E-state index contributed by atoms with van der Waals surface area (Å²) < 4.78 is 11.4. The molecule has 0 radical (unpaired) electrons. The highest BCUT2D eigenvalue weighted by atomic mass is 79.9. The Morgan fingerprint density at radius 3 is 2.66 bits per heavy atom. The topological polar surface area (TPSA) is 72.9 Å². The molecule has 0 saturated carbocycles. The van der Waals surface area contributed by atoms with Crippen molar-refractivity contribution in [3.05, 3.63) is 76.3 Å². The number of ether oxygens (including phenoxy) is 2. The van der Waals surface area contributed by atoms with Crippen LogP contribution in [0.25, 0.3) is 0 Å². The number of fused-ring (bicyclic) bond motifs is 1. The molecule has 2 aromatic carbocycles. The van der Waals surface area contributed by atoms with Crippen molar-refractivity contribution in [1.82, 2.24) is 4.90 Å². The summed E-state index contributed by atoms with van der Waals surface area (Å²) in [7, 11) is 0. The lowest BCUT2D eigenvalue weighted by atomic mass is 10.1. The summed E-state index contributed by atoms with van der Waals surface area (Å²) in [5.41, 5.74) is 1.71. The van der Waals surface area contributed by atoms with Crippen LogP contribution >= 0.6 is 15.9 Å². The van der Waals surface area contributed by atoms with E-state index < -0.39 is 5.97 Å². The fourth-order valence-electron chi connectivity index (χ4n) is 3.02. The molecule has 7 heteroatoms. The second-order valence-corrected chi connectivity index (χ2v) is 7.33. The smallest absolute Gasteiger partial charge is 0.344 e. The minimum absolute atomic E-state index is 0.0909. The molecule has 0 aromatic heterocycles. The molecule has 0 aliphatic carbocycles. The van der Waals surface area contributed by atoms with Gasteiger partial charge in [0.15, 0.2) is 6.61 Å². The highest BCUT2D eigenvalue weighted by Gasteiger charge is 2.35. The van der Waals surface area contributed by atoms with Crippen molar-refractivity contribution in [3.8, 4) is 5.75 Å². The Labute approximate surface area is 177 Å². The molecule has 150 valence electrons. The van der Waals surface area contributed by atoms with Crippen molar-refractivity contribution in [1.29, 1.82) is 0 Å². The van der Waals surface area contributed by atoms with Crippen LogP contribution in [0.5, 0.6) is 5.75 Å². The number of hydrogen-bond acceptors (Lipinski definition) is 5. The van der Waals surface area contributed by atoms with Crippen molar-refractivity contribution in [3.63, 3.8) is 0 Å². The van der Waals surface area contributed by atoms with Gasteiger partial charge in [0.2, 0.25) is 0 Å². The van der Waals surface area contributed by atoms with Gasteiger partial charge in [-0.15, -0.1) is 6.58 Å². The summed E-state index contributed by atoms with van der Waals surface area (Å²) in [6, 6.07) is 12.4. The molecule has 29 heavy (non-hydrogen) atoms. The molecule has 2 aromatic rings. The number of carbonyl (C=O) groups excluding carboxylic acids is 3. The van der Waals surface area contributed by atoms with E-state index in [4.69, 9.17) is 9.47 Å². The van der Waals surface area contributed by atoms with E-state index in [9.17, 15) is 14.4 Å². The van der Waals surface area contributed by atoms with Gasteiger partial charge in [0.1, 0.15) is 5.75 Å². The normalized spacial score (nSPS) is 12.7. The molecular formula is C22H20BrNO5. The summed E-state index contributed by atoms with van der Waals surface area (Å²) in [4.78, 5) is 37.8. The molecule has 0 spiro atoms. The van der Waals surface area contributed by atoms with Crippen LogP contribution in [0, 0.1) is 0 Å². The maximum Gasteiger partial charge on any atom is 0.344 e. The van der Waals surface area contributed by atoms with Crippen molar-refractivity contribution in [2.75, 3.05) is 19.8 Å². The van der Waals surface area contributed by atoms with Crippen molar-refractivity contribution >= 4 is 33.7 Å². The molecule has 0 saturated heterocycles. The van der Waals surface area contributed by atoms with E-state index >= 15 is 0 Å². The zero-order valence-electron chi connectivity index (χ0n) is 15.7. The fourth-order valence-corrected chi connectivity index (χ4v) is 3.38. The number of benzene rings is 2. The lowest BCUT2D eigenvalue weighted by Gasteiger charge is -2.14. The number of carbonyl (C=O) groups is 3. The van der Waals surface area contributed by atoms with E-state index in [-0.39, 0.29) is 31.6 Å². The Bertz CT molecular complexity index is 956. The Morgan fingerprint density at radius 2 is 1.86 bits per heavy atom. The van der Waals surface area contributed by atoms with Crippen LogP contribution in [0.3, 0.4) is 0 Å². The second-order valence-electron chi connectivity index (χ2n) is 6.42. The van der Waals surface area contributed by atoms with Crippen LogP contribution in [0.2, 0.25) is 0 Å². The minimum atomic E-state index is -0.510. The van der Waals surface area contributed by atoms with E-state index in [1.165, 1.54) is 4.90 Å². The number of nitrogens with zero attached hydrogens (tertiary/aromatic N) is 1. The fraction of sp³-hybridized carbons (Fsp3) is 0.227. The second kappa shape index (κ2) is 9.52. The molecule has 2 amide bonds. The van der Waals surface area contributed by atoms with Crippen molar-refractivity contribution in [2.24, 2.45) is 0 Å². The molecule has 0 unspecified atom stereocenters. The van der Waals surface area contributed by atoms with E-state index in [1.54, 1.807) is 30.3 Å². The number of halogens is 1. The van der Waals surface area contributed by atoms with Gasteiger partial charge in [-0.2, -0.15) is 0 Å². The quantitative estimate of drug-likeness (QED) is 0.248. The van der Waals surface area contributed by atoms with Crippen LogP contribution in [0.4, 0.5) is 0 Å². The third-order valence-corrected chi connectivity index (χ3v) is 4.90. The van der Waals surface area contributed by atoms with Gasteiger partial charge in [-0.3, -0.25) is 14.5 Å². The lowest BCUT2D eigenvalue weighted by Crippen LogP contribution is -2.31. The maximum atomic E-state index is 12.4. The largest absolute Gasteiger partial charge is 0.482 e. The van der Waals surface area contributed by atoms with E-state index in [0.717, 1.165) is 10.0 Å². The first-order valence-corrected chi connectivity index (χ1v) is 9.93. The molecule has 0 bridgehead atoms.